The van der Waals surface area contributed by atoms with Gasteiger partial charge in [0.2, 0.25) is 0 Å². The van der Waals surface area contributed by atoms with Crippen LogP contribution < -0.4 is 5.32 Å². The van der Waals surface area contributed by atoms with Crippen molar-refractivity contribution in [3.05, 3.63) is 20.8 Å². The van der Waals surface area contributed by atoms with E-state index in [9.17, 15) is 0 Å². The van der Waals surface area contributed by atoms with Crippen LogP contribution in [0.1, 0.15) is 42.2 Å². The van der Waals surface area contributed by atoms with Gasteiger partial charge in [-0.2, -0.15) is 0 Å². The zero-order chi connectivity index (χ0) is 14.9. The molecule has 2 saturated heterocycles. The van der Waals surface area contributed by atoms with Gasteiger partial charge in [-0.15, -0.1) is 11.3 Å². The Morgan fingerprint density at radius 2 is 2.14 bits per heavy atom. The van der Waals surface area contributed by atoms with Gasteiger partial charge in [0.05, 0.1) is 10.6 Å². The Balaban J connectivity index is 1.79. The van der Waals surface area contributed by atoms with Crippen LogP contribution in [0.2, 0.25) is 5.02 Å². The third kappa shape index (κ3) is 3.15. The SMILES string of the molecule is CNC(c1scc(C)c1Cl)C1CCOC2(CCOCC2)C1. The highest BCUT2D eigenvalue weighted by Gasteiger charge is 2.41. The summed E-state index contributed by atoms with van der Waals surface area (Å²) in [5.41, 5.74) is 1.22. The van der Waals surface area contributed by atoms with E-state index in [-0.39, 0.29) is 5.60 Å². The lowest BCUT2D eigenvalue weighted by Crippen LogP contribution is -2.46. The minimum absolute atomic E-state index is 0.0368. The summed E-state index contributed by atoms with van der Waals surface area (Å²) < 4.78 is 11.7. The van der Waals surface area contributed by atoms with E-state index in [1.807, 2.05) is 7.05 Å². The molecule has 1 aromatic rings. The first kappa shape index (κ1) is 15.8. The predicted octanol–water partition coefficient (Wildman–Crippen LogP) is 3.95. The molecule has 0 radical (unpaired) electrons. The summed E-state index contributed by atoms with van der Waals surface area (Å²) in [4.78, 5) is 1.28. The summed E-state index contributed by atoms with van der Waals surface area (Å²) >= 11 is 8.28. The van der Waals surface area contributed by atoms with E-state index >= 15 is 0 Å². The molecule has 0 aromatic carbocycles. The van der Waals surface area contributed by atoms with Gasteiger partial charge < -0.3 is 14.8 Å². The Kier molecular flexibility index (Phi) is 4.91. The van der Waals surface area contributed by atoms with Crippen LogP contribution >= 0.6 is 22.9 Å². The lowest BCUT2D eigenvalue weighted by Gasteiger charge is -2.45. The molecule has 2 aliphatic rings. The molecule has 21 heavy (non-hydrogen) atoms. The smallest absolute Gasteiger partial charge is 0.0729 e. The first-order valence-electron chi connectivity index (χ1n) is 7.78. The van der Waals surface area contributed by atoms with E-state index in [2.05, 4.69) is 17.6 Å². The van der Waals surface area contributed by atoms with Crippen molar-refractivity contribution >= 4 is 22.9 Å². The average molecular weight is 330 g/mol. The van der Waals surface area contributed by atoms with Crippen molar-refractivity contribution in [3.8, 4) is 0 Å². The van der Waals surface area contributed by atoms with Crippen molar-refractivity contribution in [3.63, 3.8) is 0 Å². The van der Waals surface area contributed by atoms with E-state index in [0.717, 1.165) is 50.5 Å². The molecule has 0 amide bonds. The zero-order valence-corrected chi connectivity index (χ0v) is 14.4. The number of hydrogen-bond donors (Lipinski definition) is 1. The van der Waals surface area contributed by atoms with Gasteiger partial charge in [0, 0.05) is 30.7 Å². The Morgan fingerprint density at radius 1 is 1.38 bits per heavy atom. The summed E-state index contributed by atoms with van der Waals surface area (Å²) in [6.45, 7) is 4.59. The van der Waals surface area contributed by atoms with Gasteiger partial charge >= 0.3 is 0 Å². The van der Waals surface area contributed by atoms with Crippen LogP contribution in [-0.2, 0) is 9.47 Å². The summed E-state index contributed by atoms with van der Waals surface area (Å²) in [5.74, 6) is 0.581. The van der Waals surface area contributed by atoms with E-state index in [0.29, 0.717) is 12.0 Å². The molecule has 1 aromatic heterocycles. The maximum absolute atomic E-state index is 6.50. The second kappa shape index (κ2) is 6.55. The number of hydrogen-bond acceptors (Lipinski definition) is 4. The highest BCUT2D eigenvalue weighted by atomic mass is 35.5. The van der Waals surface area contributed by atoms with E-state index in [1.165, 1.54) is 10.4 Å². The van der Waals surface area contributed by atoms with Crippen molar-refractivity contribution in [1.82, 2.24) is 5.32 Å². The van der Waals surface area contributed by atoms with Crippen molar-refractivity contribution in [1.29, 1.82) is 0 Å². The van der Waals surface area contributed by atoms with Crippen LogP contribution in [0.5, 0.6) is 0 Å². The molecular formula is C16H24ClNO2S. The van der Waals surface area contributed by atoms with Crippen molar-refractivity contribution < 1.29 is 9.47 Å². The van der Waals surface area contributed by atoms with Gasteiger partial charge in [-0.1, -0.05) is 11.6 Å². The summed E-state index contributed by atoms with van der Waals surface area (Å²) in [7, 11) is 2.04. The molecular weight excluding hydrogens is 306 g/mol. The summed E-state index contributed by atoms with van der Waals surface area (Å²) in [5, 5.41) is 6.60. The minimum Gasteiger partial charge on any atom is -0.381 e. The molecule has 2 unspecified atom stereocenters. The molecule has 3 rings (SSSR count). The molecule has 2 fully saturated rings. The standard InChI is InChI=1S/C16H24ClNO2S/c1-11-10-21-15(13(11)17)14(18-2)12-3-6-20-16(9-12)4-7-19-8-5-16/h10,12,14,18H,3-9H2,1-2H3. The van der Waals surface area contributed by atoms with Crippen molar-refractivity contribution in [2.45, 2.75) is 44.2 Å². The number of nitrogens with one attached hydrogen (secondary N) is 1. The maximum atomic E-state index is 6.50. The lowest BCUT2D eigenvalue weighted by molar-refractivity contribution is -0.150. The fraction of sp³-hybridized carbons (Fsp3) is 0.750. The first-order valence-corrected chi connectivity index (χ1v) is 9.03. The van der Waals surface area contributed by atoms with Crippen molar-refractivity contribution in [2.75, 3.05) is 26.9 Å². The fourth-order valence-corrected chi connectivity index (χ4v) is 5.20. The Hall–Kier alpha value is -0.130. The number of thiophene rings is 1. The van der Waals surface area contributed by atoms with Crippen LogP contribution in [0.15, 0.2) is 5.38 Å². The number of rotatable bonds is 3. The largest absolute Gasteiger partial charge is 0.381 e. The third-order valence-electron chi connectivity index (χ3n) is 4.93. The van der Waals surface area contributed by atoms with Gasteiger partial charge in [-0.25, -0.2) is 0 Å². The van der Waals surface area contributed by atoms with E-state index in [4.69, 9.17) is 21.1 Å². The van der Waals surface area contributed by atoms with Gasteiger partial charge in [0.25, 0.3) is 0 Å². The molecule has 0 aliphatic carbocycles. The minimum atomic E-state index is 0.0368. The second-order valence-corrected chi connectivity index (χ2v) is 7.55. The molecule has 0 saturated carbocycles. The number of halogens is 1. The van der Waals surface area contributed by atoms with Gasteiger partial charge in [-0.05, 0) is 56.5 Å². The molecule has 0 bridgehead atoms. The van der Waals surface area contributed by atoms with Crippen LogP contribution in [0.4, 0.5) is 0 Å². The van der Waals surface area contributed by atoms with Gasteiger partial charge in [0.15, 0.2) is 0 Å². The van der Waals surface area contributed by atoms with Crippen molar-refractivity contribution in [2.24, 2.45) is 5.92 Å². The van der Waals surface area contributed by atoms with E-state index in [1.54, 1.807) is 11.3 Å². The first-order chi connectivity index (χ1) is 10.2. The lowest BCUT2D eigenvalue weighted by atomic mass is 9.77. The quantitative estimate of drug-likeness (QED) is 0.911. The molecule has 2 aliphatic heterocycles. The van der Waals surface area contributed by atoms with Crippen LogP contribution in [0.3, 0.4) is 0 Å². The fourth-order valence-electron chi connectivity index (χ4n) is 3.68. The van der Waals surface area contributed by atoms with E-state index < -0.39 is 0 Å². The number of aryl methyl sites for hydroxylation is 1. The average Bonchev–Trinajstić information content (AvgIpc) is 2.82. The van der Waals surface area contributed by atoms with Crippen LogP contribution in [-0.4, -0.2) is 32.5 Å². The number of ether oxygens (including phenoxy) is 2. The molecule has 5 heteroatoms. The van der Waals surface area contributed by atoms with Crippen LogP contribution in [0, 0.1) is 12.8 Å². The zero-order valence-electron chi connectivity index (χ0n) is 12.8. The highest BCUT2D eigenvalue weighted by Crippen LogP contribution is 2.44. The monoisotopic (exact) mass is 329 g/mol. The second-order valence-electron chi connectivity index (χ2n) is 6.26. The molecule has 3 heterocycles. The Morgan fingerprint density at radius 3 is 2.76 bits per heavy atom. The predicted molar refractivity (Wildman–Crippen MR) is 87.3 cm³/mol. The highest BCUT2D eigenvalue weighted by molar-refractivity contribution is 7.10. The maximum Gasteiger partial charge on any atom is 0.0729 e. The van der Waals surface area contributed by atoms with Crippen LogP contribution in [0.25, 0.3) is 0 Å². The van der Waals surface area contributed by atoms with Gasteiger partial charge in [-0.3, -0.25) is 0 Å². The Bertz CT molecular complexity index is 479. The summed E-state index contributed by atoms with van der Waals surface area (Å²) in [6.07, 6.45) is 4.25. The molecule has 1 spiro atoms. The molecule has 2 atom stereocenters. The topological polar surface area (TPSA) is 30.5 Å². The third-order valence-corrected chi connectivity index (χ3v) is 6.72. The van der Waals surface area contributed by atoms with Gasteiger partial charge in [0.1, 0.15) is 0 Å². The normalized spacial score (nSPS) is 26.9. The molecule has 118 valence electrons. The molecule has 1 N–H and O–H groups in total. The summed E-state index contributed by atoms with van der Waals surface area (Å²) in [6, 6.07) is 0.333. The molecule has 3 nitrogen and oxygen atoms in total. The Labute approximate surface area is 136 Å².